The second kappa shape index (κ2) is 4.67. The minimum atomic E-state index is -0.813. The quantitative estimate of drug-likeness (QED) is 0.865. The smallest absolute Gasteiger partial charge is 0.126 e. The fourth-order valence-electron chi connectivity index (χ4n) is 3.00. The third-order valence-corrected chi connectivity index (χ3v) is 3.96. The molecule has 1 heterocycles. The van der Waals surface area contributed by atoms with E-state index < -0.39 is 5.60 Å². The Balaban J connectivity index is 1.99. The van der Waals surface area contributed by atoms with Gasteiger partial charge in [0.05, 0.1) is 5.60 Å². The maximum atomic E-state index is 11.0. The van der Waals surface area contributed by atoms with Crippen LogP contribution in [0.5, 0.6) is 0 Å². The zero-order valence-electron chi connectivity index (χ0n) is 10.8. The number of rotatable bonds is 2. The highest BCUT2D eigenvalue weighted by Gasteiger charge is 2.34. The van der Waals surface area contributed by atoms with Crippen LogP contribution in [0.3, 0.4) is 0 Å². The molecule has 1 aliphatic rings. The molecule has 0 amide bonds. The summed E-state index contributed by atoms with van der Waals surface area (Å²) in [7, 11) is 0. The maximum absolute atomic E-state index is 11.0. The van der Waals surface area contributed by atoms with Crippen molar-refractivity contribution in [1.29, 1.82) is 0 Å². The first kappa shape index (κ1) is 12.2. The molecule has 0 spiro atoms. The molecule has 3 nitrogen and oxygen atoms in total. The van der Waals surface area contributed by atoms with Crippen LogP contribution in [0.25, 0.3) is 0 Å². The van der Waals surface area contributed by atoms with Gasteiger partial charge in [-0.3, -0.25) is 0 Å². The highest BCUT2D eigenvalue weighted by molar-refractivity contribution is 5.42. The number of aryl methyl sites for hydroxylation is 1. The van der Waals surface area contributed by atoms with Gasteiger partial charge < -0.3 is 10.8 Å². The SMILES string of the molecule is Nc1ncccc1CC1(O)CCCc2ccccc21. The molecular formula is C16H18N2O. The summed E-state index contributed by atoms with van der Waals surface area (Å²) in [5, 5.41) is 11.0. The van der Waals surface area contributed by atoms with Crippen LogP contribution in [0, 0.1) is 0 Å². The van der Waals surface area contributed by atoms with Gasteiger partial charge in [0.15, 0.2) is 0 Å². The average molecular weight is 254 g/mol. The molecule has 0 radical (unpaired) electrons. The zero-order valence-corrected chi connectivity index (χ0v) is 10.8. The molecule has 3 N–H and O–H groups in total. The first-order chi connectivity index (χ1) is 9.19. The summed E-state index contributed by atoms with van der Waals surface area (Å²) in [6.07, 6.45) is 5.04. The summed E-state index contributed by atoms with van der Waals surface area (Å²) in [5.41, 5.74) is 8.29. The molecule has 0 bridgehead atoms. The van der Waals surface area contributed by atoms with Crippen molar-refractivity contribution in [2.24, 2.45) is 0 Å². The molecule has 1 aromatic heterocycles. The molecule has 0 aliphatic heterocycles. The molecule has 0 saturated carbocycles. The van der Waals surface area contributed by atoms with Gasteiger partial charge >= 0.3 is 0 Å². The van der Waals surface area contributed by atoms with Crippen molar-refractivity contribution in [1.82, 2.24) is 4.98 Å². The van der Waals surface area contributed by atoms with Crippen LogP contribution in [0.1, 0.15) is 29.5 Å². The Morgan fingerprint density at radius 3 is 2.89 bits per heavy atom. The number of nitrogens with two attached hydrogens (primary N) is 1. The third kappa shape index (κ3) is 2.22. The Bertz CT molecular complexity index is 597. The number of anilines is 1. The van der Waals surface area contributed by atoms with E-state index >= 15 is 0 Å². The van der Waals surface area contributed by atoms with Crippen LogP contribution >= 0.6 is 0 Å². The fraction of sp³-hybridized carbons (Fsp3) is 0.312. The molecule has 1 aromatic carbocycles. The Hall–Kier alpha value is -1.87. The third-order valence-electron chi connectivity index (χ3n) is 3.96. The lowest BCUT2D eigenvalue weighted by Crippen LogP contribution is -2.33. The predicted octanol–water partition coefficient (Wildman–Crippen LogP) is 2.43. The Kier molecular flexibility index (Phi) is 2.99. The van der Waals surface area contributed by atoms with Gasteiger partial charge in [0.1, 0.15) is 5.82 Å². The summed E-state index contributed by atoms with van der Waals surface area (Å²) < 4.78 is 0. The van der Waals surface area contributed by atoms with Crippen molar-refractivity contribution < 1.29 is 5.11 Å². The molecule has 2 aromatic rings. The molecule has 3 heteroatoms. The van der Waals surface area contributed by atoms with Crippen LogP contribution in [0.2, 0.25) is 0 Å². The summed E-state index contributed by atoms with van der Waals surface area (Å²) in [6, 6.07) is 12.0. The summed E-state index contributed by atoms with van der Waals surface area (Å²) >= 11 is 0. The molecule has 1 unspecified atom stereocenters. The normalized spacial score (nSPS) is 21.9. The van der Waals surface area contributed by atoms with E-state index in [0.29, 0.717) is 12.2 Å². The Morgan fingerprint density at radius 1 is 1.21 bits per heavy atom. The van der Waals surface area contributed by atoms with Gasteiger partial charge in [-0.15, -0.1) is 0 Å². The highest BCUT2D eigenvalue weighted by Crippen LogP contribution is 2.38. The second-order valence-electron chi connectivity index (χ2n) is 5.27. The molecule has 3 rings (SSSR count). The molecule has 1 atom stereocenters. The van der Waals surface area contributed by atoms with E-state index in [1.54, 1.807) is 6.20 Å². The van der Waals surface area contributed by atoms with E-state index in [1.807, 2.05) is 30.3 Å². The first-order valence-electron chi connectivity index (χ1n) is 6.69. The standard InChI is InChI=1S/C16H18N2O/c17-15-13(7-4-10-18-15)11-16(19)9-3-6-12-5-1-2-8-14(12)16/h1-2,4-5,7-8,10,19H,3,6,9,11H2,(H2,17,18). The molecular weight excluding hydrogens is 236 g/mol. The second-order valence-corrected chi connectivity index (χ2v) is 5.27. The van der Waals surface area contributed by atoms with Crippen molar-refractivity contribution in [3.05, 3.63) is 59.3 Å². The number of benzene rings is 1. The maximum Gasteiger partial charge on any atom is 0.126 e. The first-order valence-corrected chi connectivity index (χ1v) is 6.69. The Labute approximate surface area is 113 Å². The number of nitrogen functional groups attached to an aromatic ring is 1. The predicted molar refractivity (Wildman–Crippen MR) is 75.6 cm³/mol. The van der Waals surface area contributed by atoms with Crippen LogP contribution in [-0.2, 0) is 18.4 Å². The summed E-state index contributed by atoms with van der Waals surface area (Å²) in [5.74, 6) is 0.513. The number of nitrogens with zero attached hydrogens (tertiary/aromatic N) is 1. The van der Waals surface area contributed by atoms with Crippen molar-refractivity contribution in [2.75, 3.05) is 5.73 Å². The number of hydrogen-bond donors (Lipinski definition) is 2. The van der Waals surface area contributed by atoms with E-state index in [1.165, 1.54) is 5.56 Å². The van der Waals surface area contributed by atoms with Gasteiger partial charge in [-0.25, -0.2) is 4.98 Å². The van der Waals surface area contributed by atoms with E-state index in [4.69, 9.17) is 5.73 Å². The monoisotopic (exact) mass is 254 g/mol. The van der Waals surface area contributed by atoms with Gasteiger partial charge in [0.2, 0.25) is 0 Å². The number of pyridine rings is 1. The molecule has 19 heavy (non-hydrogen) atoms. The number of aromatic nitrogens is 1. The Morgan fingerprint density at radius 2 is 2.05 bits per heavy atom. The highest BCUT2D eigenvalue weighted by atomic mass is 16.3. The lowest BCUT2D eigenvalue weighted by molar-refractivity contribution is 0.0191. The lowest BCUT2D eigenvalue weighted by Gasteiger charge is -2.34. The summed E-state index contributed by atoms with van der Waals surface area (Å²) in [4.78, 5) is 4.10. The van der Waals surface area contributed by atoms with Crippen molar-refractivity contribution in [2.45, 2.75) is 31.3 Å². The lowest BCUT2D eigenvalue weighted by atomic mass is 9.76. The summed E-state index contributed by atoms with van der Waals surface area (Å²) in [6.45, 7) is 0. The van der Waals surface area contributed by atoms with E-state index in [2.05, 4.69) is 11.1 Å². The van der Waals surface area contributed by atoms with Crippen molar-refractivity contribution in [3.63, 3.8) is 0 Å². The van der Waals surface area contributed by atoms with Crippen LogP contribution < -0.4 is 5.73 Å². The minimum Gasteiger partial charge on any atom is -0.385 e. The van der Waals surface area contributed by atoms with Crippen molar-refractivity contribution in [3.8, 4) is 0 Å². The molecule has 1 aliphatic carbocycles. The van der Waals surface area contributed by atoms with Crippen LogP contribution in [0.15, 0.2) is 42.6 Å². The van der Waals surface area contributed by atoms with Gasteiger partial charge in [0.25, 0.3) is 0 Å². The van der Waals surface area contributed by atoms with Gasteiger partial charge in [0, 0.05) is 12.6 Å². The van der Waals surface area contributed by atoms with Crippen molar-refractivity contribution >= 4 is 5.82 Å². The molecule has 98 valence electrons. The number of fused-ring (bicyclic) bond motifs is 1. The number of hydrogen-bond acceptors (Lipinski definition) is 3. The van der Waals surface area contributed by atoms with Gasteiger partial charge in [-0.2, -0.15) is 0 Å². The topological polar surface area (TPSA) is 59.1 Å². The van der Waals surface area contributed by atoms with E-state index in [-0.39, 0.29) is 0 Å². The van der Waals surface area contributed by atoms with E-state index in [9.17, 15) is 5.11 Å². The molecule has 0 saturated heterocycles. The van der Waals surface area contributed by atoms with Gasteiger partial charge in [-0.05, 0) is 42.0 Å². The van der Waals surface area contributed by atoms with E-state index in [0.717, 1.165) is 30.4 Å². The van der Waals surface area contributed by atoms with Crippen LogP contribution in [-0.4, -0.2) is 10.1 Å². The van der Waals surface area contributed by atoms with Crippen LogP contribution in [0.4, 0.5) is 5.82 Å². The largest absolute Gasteiger partial charge is 0.385 e. The van der Waals surface area contributed by atoms with Gasteiger partial charge in [-0.1, -0.05) is 30.3 Å². The minimum absolute atomic E-state index is 0.513. The number of aliphatic hydroxyl groups is 1. The molecule has 0 fully saturated rings. The zero-order chi connectivity index (χ0) is 13.3. The average Bonchev–Trinajstić information content (AvgIpc) is 2.42. The fourth-order valence-corrected chi connectivity index (χ4v) is 3.00.